The smallest absolute Gasteiger partial charge is 0.133 e. The molecule has 17 heavy (non-hydrogen) atoms. The van der Waals surface area contributed by atoms with Crippen LogP contribution in [0.5, 0.6) is 5.75 Å². The first kappa shape index (κ1) is 12.1. The molecular formula is C14H14BrNO. The molecule has 2 aromatic carbocycles. The average molecular weight is 292 g/mol. The Morgan fingerprint density at radius 2 is 1.76 bits per heavy atom. The van der Waals surface area contributed by atoms with Crippen molar-refractivity contribution >= 4 is 15.9 Å². The zero-order valence-electron chi connectivity index (χ0n) is 9.56. The fraction of sp³-hybridized carbons (Fsp3) is 0.143. The van der Waals surface area contributed by atoms with Gasteiger partial charge in [0.05, 0.1) is 17.6 Å². The van der Waals surface area contributed by atoms with Crippen LogP contribution in [0.2, 0.25) is 0 Å². The summed E-state index contributed by atoms with van der Waals surface area (Å²) < 4.78 is 6.12. The molecule has 88 valence electrons. The van der Waals surface area contributed by atoms with Gasteiger partial charge < -0.3 is 10.5 Å². The maximum atomic E-state index is 6.22. The van der Waals surface area contributed by atoms with E-state index in [9.17, 15) is 0 Å². The van der Waals surface area contributed by atoms with Gasteiger partial charge in [-0.25, -0.2) is 0 Å². The Labute approximate surface area is 110 Å². The lowest BCUT2D eigenvalue weighted by atomic mass is 10.00. The lowest BCUT2D eigenvalue weighted by Crippen LogP contribution is -2.11. The number of methoxy groups -OCH3 is 1. The van der Waals surface area contributed by atoms with E-state index in [2.05, 4.69) is 15.9 Å². The summed E-state index contributed by atoms with van der Waals surface area (Å²) >= 11 is 3.47. The summed E-state index contributed by atoms with van der Waals surface area (Å²) in [5, 5.41) is 0. The molecule has 0 unspecified atom stereocenters. The van der Waals surface area contributed by atoms with Crippen LogP contribution in [-0.2, 0) is 0 Å². The predicted octanol–water partition coefficient (Wildman–Crippen LogP) is 3.51. The minimum atomic E-state index is -0.113. The topological polar surface area (TPSA) is 35.2 Å². The third kappa shape index (κ3) is 2.68. The van der Waals surface area contributed by atoms with Crippen LogP contribution in [0, 0.1) is 0 Å². The van der Waals surface area contributed by atoms with Gasteiger partial charge in [0.25, 0.3) is 0 Å². The average Bonchev–Trinajstić information content (AvgIpc) is 2.39. The first-order valence-electron chi connectivity index (χ1n) is 5.36. The molecule has 0 amide bonds. The Morgan fingerprint density at radius 3 is 2.35 bits per heavy atom. The summed E-state index contributed by atoms with van der Waals surface area (Å²) in [4.78, 5) is 0. The maximum absolute atomic E-state index is 6.22. The Kier molecular flexibility index (Phi) is 3.82. The van der Waals surface area contributed by atoms with Crippen LogP contribution >= 0.6 is 15.9 Å². The Hall–Kier alpha value is -1.32. The zero-order chi connectivity index (χ0) is 12.3. The van der Waals surface area contributed by atoms with E-state index in [4.69, 9.17) is 10.5 Å². The van der Waals surface area contributed by atoms with Crippen LogP contribution in [0.15, 0.2) is 53.0 Å². The van der Waals surface area contributed by atoms with Crippen molar-refractivity contribution in [1.29, 1.82) is 0 Å². The molecule has 2 N–H and O–H groups in total. The number of benzene rings is 2. The molecule has 0 aliphatic carbocycles. The third-order valence-corrected chi connectivity index (χ3v) is 3.31. The summed E-state index contributed by atoms with van der Waals surface area (Å²) in [6.45, 7) is 0. The molecule has 0 spiro atoms. The molecule has 0 aliphatic rings. The van der Waals surface area contributed by atoms with Crippen LogP contribution in [0.3, 0.4) is 0 Å². The van der Waals surface area contributed by atoms with Gasteiger partial charge in [0, 0.05) is 0 Å². The van der Waals surface area contributed by atoms with Gasteiger partial charge in [0.2, 0.25) is 0 Å². The van der Waals surface area contributed by atoms with Gasteiger partial charge in [-0.15, -0.1) is 0 Å². The first-order chi connectivity index (χ1) is 8.22. The molecule has 0 saturated heterocycles. The Morgan fingerprint density at radius 1 is 1.06 bits per heavy atom. The number of ether oxygens (including phenoxy) is 1. The molecule has 0 heterocycles. The Bertz CT molecular complexity index is 499. The van der Waals surface area contributed by atoms with Crippen LogP contribution in [0.1, 0.15) is 17.2 Å². The van der Waals surface area contributed by atoms with E-state index in [0.717, 1.165) is 21.3 Å². The van der Waals surface area contributed by atoms with Crippen LogP contribution in [0.4, 0.5) is 0 Å². The van der Waals surface area contributed by atoms with Gasteiger partial charge in [-0.1, -0.05) is 36.4 Å². The molecule has 2 aromatic rings. The van der Waals surface area contributed by atoms with E-state index in [1.165, 1.54) is 0 Å². The van der Waals surface area contributed by atoms with Crippen molar-refractivity contribution in [2.24, 2.45) is 5.73 Å². The molecule has 0 fully saturated rings. The highest BCUT2D eigenvalue weighted by molar-refractivity contribution is 9.10. The largest absolute Gasteiger partial charge is 0.496 e. The molecular weight excluding hydrogens is 278 g/mol. The van der Waals surface area contributed by atoms with Crippen molar-refractivity contribution in [2.45, 2.75) is 6.04 Å². The second kappa shape index (κ2) is 5.34. The monoisotopic (exact) mass is 291 g/mol. The first-order valence-corrected chi connectivity index (χ1v) is 6.15. The number of hydrogen-bond donors (Lipinski definition) is 1. The molecule has 2 rings (SSSR count). The normalized spacial score (nSPS) is 12.2. The molecule has 0 bridgehead atoms. The van der Waals surface area contributed by atoms with Gasteiger partial charge in [-0.2, -0.15) is 0 Å². The predicted molar refractivity (Wildman–Crippen MR) is 73.2 cm³/mol. The van der Waals surface area contributed by atoms with E-state index in [-0.39, 0.29) is 6.04 Å². The van der Waals surface area contributed by atoms with E-state index >= 15 is 0 Å². The standard InChI is InChI=1S/C14H14BrNO/c1-17-13-8-7-11(9-12(13)15)14(16)10-5-3-2-4-6-10/h2-9,14H,16H2,1H3/t14-/m1/s1. The number of hydrogen-bond acceptors (Lipinski definition) is 2. The van der Waals surface area contributed by atoms with E-state index < -0.39 is 0 Å². The summed E-state index contributed by atoms with van der Waals surface area (Å²) in [5.74, 6) is 0.814. The van der Waals surface area contributed by atoms with Gasteiger partial charge in [-0.3, -0.25) is 0 Å². The summed E-state index contributed by atoms with van der Waals surface area (Å²) in [7, 11) is 1.65. The van der Waals surface area contributed by atoms with Gasteiger partial charge in [-0.05, 0) is 39.2 Å². The van der Waals surface area contributed by atoms with Crippen molar-refractivity contribution in [1.82, 2.24) is 0 Å². The fourth-order valence-corrected chi connectivity index (χ4v) is 2.29. The molecule has 1 atom stereocenters. The van der Waals surface area contributed by atoms with Crippen molar-refractivity contribution in [2.75, 3.05) is 7.11 Å². The highest BCUT2D eigenvalue weighted by Crippen LogP contribution is 2.29. The third-order valence-electron chi connectivity index (χ3n) is 2.69. The van der Waals surface area contributed by atoms with Gasteiger partial charge in [0.15, 0.2) is 0 Å². The van der Waals surface area contributed by atoms with Crippen LogP contribution < -0.4 is 10.5 Å². The highest BCUT2D eigenvalue weighted by Gasteiger charge is 2.10. The van der Waals surface area contributed by atoms with Crippen LogP contribution in [-0.4, -0.2) is 7.11 Å². The lowest BCUT2D eigenvalue weighted by Gasteiger charge is -2.14. The molecule has 0 radical (unpaired) electrons. The fourth-order valence-electron chi connectivity index (χ4n) is 1.73. The number of nitrogens with two attached hydrogens (primary N) is 1. The van der Waals surface area contributed by atoms with Crippen molar-refractivity contribution in [3.05, 3.63) is 64.1 Å². The van der Waals surface area contributed by atoms with E-state index in [1.54, 1.807) is 7.11 Å². The minimum absolute atomic E-state index is 0.113. The molecule has 0 saturated carbocycles. The van der Waals surface area contributed by atoms with Gasteiger partial charge in [0.1, 0.15) is 5.75 Å². The zero-order valence-corrected chi connectivity index (χ0v) is 11.1. The molecule has 2 nitrogen and oxygen atoms in total. The second-order valence-corrected chi connectivity index (χ2v) is 4.64. The van der Waals surface area contributed by atoms with Crippen molar-refractivity contribution in [3.63, 3.8) is 0 Å². The Balaban J connectivity index is 2.32. The number of rotatable bonds is 3. The van der Waals surface area contributed by atoms with Gasteiger partial charge >= 0.3 is 0 Å². The highest BCUT2D eigenvalue weighted by atomic mass is 79.9. The second-order valence-electron chi connectivity index (χ2n) is 3.78. The van der Waals surface area contributed by atoms with E-state index in [0.29, 0.717) is 0 Å². The molecule has 3 heteroatoms. The van der Waals surface area contributed by atoms with E-state index in [1.807, 2.05) is 48.5 Å². The molecule has 0 aliphatic heterocycles. The molecule has 0 aromatic heterocycles. The van der Waals surface area contributed by atoms with Crippen LogP contribution in [0.25, 0.3) is 0 Å². The summed E-state index contributed by atoms with van der Waals surface area (Å²) in [6.07, 6.45) is 0. The SMILES string of the molecule is COc1ccc([C@H](N)c2ccccc2)cc1Br. The number of halogens is 1. The summed E-state index contributed by atoms with van der Waals surface area (Å²) in [5.41, 5.74) is 8.38. The quantitative estimate of drug-likeness (QED) is 0.939. The van der Waals surface area contributed by atoms with Crippen molar-refractivity contribution in [3.8, 4) is 5.75 Å². The maximum Gasteiger partial charge on any atom is 0.133 e. The van der Waals surface area contributed by atoms with Crippen molar-refractivity contribution < 1.29 is 4.74 Å². The lowest BCUT2D eigenvalue weighted by molar-refractivity contribution is 0.412. The summed E-state index contributed by atoms with van der Waals surface area (Å²) in [6, 6.07) is 15.8. The minimum Gasteiger partial charge on any atom is -0.496 e.